The van der Waals surface area contributed by atoms with Crippen molar-refractivity contribution < 1.29 is 45.5 Å². The molecule has 8 nitrogen and oxygen atoms in total. The standard InChI is InChI=1S/C16H29F2NO4Si.C12H23F2NO2Si/c1-10(2)22-13(21)19-11(16(7,17)18)15(6,12(19)20)23-24(8,9)14(3,4)5;1-10(2,3)18(6,7)17-11(4)8(12(5,13)14)15-9(11)16/h10-11H,1-9H3;8H,1-7H3,(H,15,16)/t11-,15-;8-,11-/m11/s1. The van der Waals surface area contributed by atoms with Gasteiger partial charge in [-0.3, -0.25) is 9.59 Å². The zero-order valence-corrected chi connectivity index (χ0v) is 30.1. The number of β-lactam (4-membered cyclic amide) rings is 2. The van der Waals surface area contributed by atoms with Crippen LogP contribution in [0.1, 0.15) is 83.1 Å². The van der Waals surface area contributed by atoms with Crippen molar-refractivity contribution in [2.75, 3.05) is 0 Å². The molecule has 3 amide bonds. The molecule has 2 saturated heterocycles. The third-order valence-corrected chi connectivity index (χ3v) is 17.9. The summed E-state index contributed by atoms with van der Waals surface area (Å²) in [7, 11) is -4.77. The Labute approximate surface area is 250 Å². The third kappa shape index (κ3) is 7.58. The van der Waals surface area contributed by atoms with Crippen LogP contribution in [0.3, 0.4) is 0 Å². The van der Waals surface area contributed by atoms with Crippen LogP contribution in [0.4, 0.5) is 22.4 Å². The number of alkyl halides is 4. The number of rotatable bonds is 7. The number of amides is 3. The molecule has 0 aromatic rings. The average Bonchev–Trinajstić information content (AvgIpc) is 2.71. The van der Waals surface area contributed by atoms with E-state index in [9.17, 15) is 31.9 Å². The molecule has 2 fully saturated rings. The Morgan fingerprint density at radius 1 is 0.810 bits per heavy atom. The Balaban J connectivity index is 0.000000437. The molecule has 4 atom stereocenters. The number of hydrogen-bond acceptors (Lipinski definition) is 6. The fraction of sp³-hybridized carbons (Fsp3) is 0.893. The zero-order valence-electron chi connectivity index (χ0n) is 28.1. The second-order valence-electron chi connectivity index (χ2n) is 15.3. The molecule has 0 aromatic heterocycles. The van der Waals surface area contributed by atoms with Gasteiger partial charge in [0.2, 0.25) is 0 Å². The van der Waals surface area contributed by atoms with Gasteiger partial charge in [-0.2, -0.15) is 0 Å². The Morgan fingerprint density at radius 2 is 1.19 bits per heavy atom. The van der Waals surface area contributed by atoms with Crippen LogP contribution in [0.5, 0.6) is 0 Å². The summed E-state index contributed by atoms with van der Waals surface area (Å²) in [5.74, 6) is -7.50. The molecule has 2 rings (SSSR count). The fourth-order valence-corrected chi connectivity index (χ4v) is 7.60. The number of carbonyl (C=O) groups is 3. The minimum atomic E-state index is -3.30. The van der Waals surface area contributed by atoms with Gasteiger partial charge in [0.15, 0.2) is 27.8 Å². The highest BCUT2D eigenvalue weighted by Gasteiger charge is 2.71. The summed E-state index contributed by atoms with van der Waals surface area (Å²) in [4.78, 5) is 36.8. The monoisotopic (exact) mass is 644 g/mol. The molecule has 0 unspecified atom stereocenters. The quantitative estimate of drug-likeness (QED) is 0.181. The molecule has 246 valence electrons. The van der Waals surface area contributed by atoms with Gasteiger partial charge in [0.25, 0.3) is 23.7 Å². The van der Waals surface area contributed by atoms with Crippen molar-refractivity contribution in [1.82, 2.24) is 10.2 Å². The normalized spacial score (nSPS) is 27.5. The largest absolute Gasteiger partial charge is 0.446 e. The van der Waals surface area contributed by atoms with Crippen LogP contribution in [0.2, 0.25) is 36.3 Å². The maximum atomic E-state index is 14.2. The highest BCUT2D eigenvalue weighted by atomic mass is 28.4. The van der Waals surface area contributed by atoms with Crippen molar-refractivity contribution in [2.24, 2.45) is 0 Å². The van der Waals surface area contributed by atoms with Gasteiger partial charge in [-0.05, 0) is 64.0 Å². The molecule has 0 spiro atoms. The van der Waals surface area contributed by atoms with Gasteiger partial charge in [-0.15, -0.1) is 0 Å². The van der Waals surface area contributed by atoms with Crippen molar-refractivity contribution in [3.8, 4) is 0 Å². The molecule has 0 radical (unpaired) electrons. The lowest BCUT2D eigenvalue weighted by Crippen LogP contribution is -2.81. The SMILES string of the molecule is CC(C)OC(=O)N1C(=O)[C@](C)(O[Si](C)(C)C(C)(C)C)[C@@H]1C(C)(F)F.CC(F)(F)[C@@H]1NC(=O)[C@]1(C)O[Si](C)(C)C(C)(C)C. The van der Waals surface area contributed by atoms with Gasteiger partial charge in [-0.1, -0.05) is 41.5 Å². The summed E-state index contributed by atoms with van der Waals surface area (Å²) >= 11 is 0. The first-order valence-corrected chi connectivity index (χ1v) is 20.0. The molecule has 2 aliphatic rings. The Kier molecular flexibility index (Phi) is 10.5. The average molecular weight is 645 g/mol. The van der Waals surface area contributed by atoms with E-state index in [4.69, 9.17) is 13.6 Å². The highest BCUT2D eigenvalue weighted by Crippen LogP contribution is 2.49. The van der Waals surface area contributed by atoms with Crippen LogP contribution in [-0.2, 0) is 23.2 Å². The van der Waals surface area contributed by atoms with Crippen LogP contribution in [0, 0.1) is 0 Å². The van der Waals surface area contributed by atoms with Gasteiger partial charge in [-0.25, -0.2) is 27.3 Å². The van der Waals surface area contributed by atoms with Crippen LogP contribution in [-0.4, -0.2) is 80.7 Å². The molecular formula is C28H52F4N2O6Si2. The molecule has 2 heterocycles. The second-order valence-corrected chi connectivity index (χ2v) is 24.7. The maximum absolute atomic E-state index is 14.2. The predicted molar refractivity (Wildman–Crippen MR) is 159 cm³/mol. The van der Waals surface area contributed by atoms with Crippen molar-refractivity contribution in [2.45, 2.75) is 161 Å². The summed E-state index contributed by atoms with van der Waals surface area (Å²) in [6.45, 7) is 27.1. The molecule has 1 N–H and O–H groups in total. The first kappa shape index (κ1) is 38.5. The number of nitrogens with zero attached hydrogens (tertiary/aromatic N) is 1. The highest BCUT2D eigenvalue weighted by molar-refractivity contribution is 6.74. The molecule has 0 saturated carbocycles. The maximum Gasteiger partial charge on any atom is 0.417 e. The van der Waals surface area contributed by atoms with Crippen LogP contribution in [0.25, 0.3) is 0 Å². The zero-order chi connectivity index (χ0) is 33.9. The lowest BCUT2D eigenvalue weighted by Gasteiger charge is -2.57. The van der Waals surface area contributed by atoms with Gasteiger partial charge in [0.1, 0.15) is 12.1 Å². The second kappa shape index (κ2) is 11.4. The minimum Gasteiger partial charge on any atom is -0.446 e. The summed E-state index contributed by atoms with van der Waals surface area (Å²) in [5, 5.41) is 1.87. The van der Waals surface area contributed by atoms with Crippen molar-refractivity contribution >= 4 is 34.5 Å². The van der Waals surface area contributed by atoms with E-state index < -0.39 is 75.8 Å². The van der Waals surface area contributed by atoms with Gasteiger partial charge in [0.05, 0.1) is 6.10 Å². The molecule has 0 aliphatic carbocycles. The van der Waals surface area contributed by atoms with Gasteiger partial charge >= 0.3 is 6.09 Å². The Bertz CT molecular complexity index is 1050. The van der Waals surface area contributed by atoms with Gasteiger partial charge < -0.3 is 18.9 Å². The lowest BCUT2D eigenvalue weighted by molar-refractivity contribution is -0.212. The molecule has 42 heavy (non-hydrogen) atoms. The number of carbonyl (C=O) groups excluding carboxylic acids is 3. The summed E-state index contributed by atoms with van der Waals surface area (Å²) in [6.07, 6.45) is -1.57. The number of halogens is 4. The summed E-state index contributed by atoms with van der Waals surface area (Å²) < 4.78 is 72.1. The molecule has 0 bridgehead atoms. The predicted octanol–water partition coefficient (Wildman–Crippen LogP) is 7.10. The van der Waals surface area contributed by atoms with Gasteiger partial charge in [0, 0.05) is 13.8 Å². The van der Waals surface area contributed by atoms with Crippen LogP contribution >= 0.6 is 0 Å². The number of ether oxygens (including phenoxy) is 1. The van der Waals surface area contributed by atoms with E-state index in [-0.39, 0.29) is 10.1 Å². The number of imide groups is 1. The summed E-state index contributed by atoms with van der Waals surface area (Å²) in [6, 6.07) is -2.93. The fourth-order valence-electron chi connectivity index (χ4n) is 4.46. The van der Waals surface area contributed by atoms with E-state index >= 15 is 0 Å². The van der Waals surface area contributed by atoms with Crippen molar-refractivity contribution in [3.63, 3.8) is 0 Å². The minimum absolute atomic E-state index is 0.126. The van der Waals surface area contributed by atoms with E-state index in [0.29, 0.717) is 11.8 Å². The number of hydrogen-bond donors (Lipinski definition) is 1. The van der Waals surface area contributed by atoms with E-state index in [0.717, 1.165) is 6.92 Å². The molecular weight excluding hydrogens is 592 g/mol. The summed E-state index contributed by atoms with van der Waals surface area (Å²) in [5.41, 5.74) is -3.15. The molecule has 14 heteroatoms. The molecule has 2 aliphatic heterocycles. The smallest absolute Gasteiger partial charge is 0.417 e. The number of nitrogens with one attached hydrogen (secondary N) is 1. The topological polar surface area (TPSA) is 94.2 Å². The van der Waals surface area contributed by atoms with E-state index in [1.807, 2.05) is 67.7 Å². The van der Waals surface area contributed by atoms with Crippen LogP contribution in [0.15, 0.2) is 0 Å². The van der Waals surface area contributed by atoms with E-state index in [1.54, 1.807) is 13.8 Å². The third-order valence-electron chi connectivity index (χ3n) is 8.77. The van der Waals surface area contributed by atoms with Crippen LogP contribution < -0.4 is 5.32 Å². The number of likely N-dealkylation sites (tertiary alicyclic amines) is 1. The Hall–Kier alpha value is -1.52. The van der Waals surface area contributed by atoms with Crippen molar-refractivity contribution in [3.05, 3.63) is 0 Å². The first-order chi connectivity index (χ1) is 18.2. The lowest BCUT2D eigenvalue weighted by atomic mass is 9.80. The van der Waals surface area contributed by atoms with E-state index in [2.05, 4.69) is 5.32 Å². The molecule has 0 aromatic carbocycles. The van der Waals surface area contributed by atoms with E-state index in [1.165, 1.54) is 13.8 Å². The van der Waals surface area contributed by atoms with Crippen molar-refractivity contribution in [1.29, 1.82) is 0 Å². The Morgan fingerprint density at radius 3 is 1.48 bits per heavy atom. The first-order valence-electron chi connectivity index (χ1n) is 14.2.